The van der Waals surface area contributed by atoms with Crippen molar-refractivity contribution >= 4 is 29.0 Å². The smallest absolute Gasteiger partial charge is 0.370 e. The van der Waals surface area contributed by atoms with Crippen LogP contribution in [0.1, 0.15) is 30.4 Å². The summed E-state index contributed by atoms with van der Waals surface area (Å²) in [5.41, 5.74) is 1.81. The summed E-state index contributed by atoms with van der Waals surface area (Å²) in [7, 11) is 0. The molecule has 0 radical (unpaired) electrons. The van der Waals surface area contributed by atoms with Crippen molar-refractivity contribution in [2.24, 2.45) is 0 Å². The van der Waals surface area contributed by atoms with E-state index < -0.39 is 17.6 Å². The number of benzene rings is 2. The molecular formula is C22H23F3N6OS. The van der Waals surface area contributed by atoms with Crippen LogP contribution in [-0.4, -0.2) is 45.0 Å². The van der Waals surface area contributed by atoms with Crippen molar-refractivity contribution in [2.45, 2.75) is 37.5 Å². The topological polar surface area (TPSA) is 75.9 Å². The Morgan fingerprint density at radius 1 is 1.09 bits per heavy atom. The number of anilines is 2. The molecule has 0 atom stereocenters. The number of rotatable bonds is 6. The van der Waals surface area contributed by atoms with Crippen molar-refractivity contribution in [2.75, 3.05) is 29.1 Å². The van der Waals surface area contributed by atoms with Gasteiger partial charge in [0.15, 0.2) is 0 Å². The normalized spacial score (nSPS) is 14.4. The molecule has 7 nitrogen and oxygen atoms in total. The van der Waals surface area contributed by atoms with E-state index in [2.05, 4.69) is 20.8 Å². The molecule has 1 N–H and O–H groups in total. The third-order valence-corrected chi connectivity index (χ3v) is 6.27. The quantitative estimate of drug-likeness (QED) is 0.520. The van der Waals surface area contributed by atoms with Crippen LogP contribution in [0.15, 0.2) is 47.6 Å². The van der Waals surface area contributed by atoms with E-state index in [9.17, 15) is 18.0 Å². The number of piperidine rings is 1. The minimum absolute atomic E-state index is 0.0537. The van der Waals surface area contributed by atoms with Crippen molar-refractivity contribution in [3.63, 3.8) is 0 Å². The van der Waals surface area contributed by atoms with Crippen molar-refractivity contribution in [1.29, 1.82) is 0 Å². The molecule has 1 fully saturated rings. The van der Waals surface area contributed by atoms with Crippen LogP contribution >= 0.6 is 11.8 Å². The maximum absolute atomic E-state index is 13.3. The highest BCUT2D eigenvalue weighted by atomic mass is 32.2. The van der Waals surface area contributed by atoms with Gasteiger partial charge in [-0.15, -0.1) is 5.10 Å². The number of hydrogen-bond donors (Lipinski definition) is 1. The Balaban J connectivity index is 1.49. The Hall–Kier alpha value is -3.08. The highest BCUT2D eigenvalue weighted by molar-refractivity contribution is 7.99. The van der Waals surface area contributed by atoms with E-state index in [0.717, 1.165) is 67.5 Å². The van der Waals surface area contributed by atoms with Gasteiger partial charge < -0.3 is 10.2 Å². The lowest BCUT2D eigenvalue weighted by Gasteiger charge is -2.31. The van der Waals surface area contributed by atoms with Crippen molar-refractivity contribution < 1.29 is 18.0 Å². The number of hydrogen-bond acceptors (Lipinski definition) is 6. The second-order valence-electron chi connectivity index (χ2n) is 7.82. The molecule has 0 bridgehead atoms. The van der Waals surface area contributed by atoms with Gasteiger partial charge >= 0.3 is 6.18 Å². The molecule has 1 aliphatic rings. The molecule has 174 valence electrons. The molecule has 4 rings (SSSR count). The number of aryl methyl sites for hydroxylation is 1. The van der Waals surface area contributed by atoms with Gasteiger partial charge in [0.1, 0.15) is 0 Å². The second kappa shape index (κ2) is 9.82. The van der Waals surface area contributed by atoms with E-state index in [1.807, 2.05) is 36.1 Å². The van der Waals surface area contributed by atoms with Gasteiger partial charge in [-0.05, 0) is 66.9 Å². The monoisotopic (exact) mass is 476 g/mol. The molecule has 1 aromatic heterocycles. The Kier molecular flexibility index (Phi) is 6.87. The highest BCUT2D eigenvalue weighted by Crippen LogP contribution is 2.36. The summed E-state index contributed by atoms with van der Waals surface area (Å²) in [6, 6.07) is 11.1. The van der Waals surface area contributed by atoms with Gasteiger partial charge in [-0.3, -0.25) is 4.79 Å². The van der Waals surface area contributed by atoms with Crippen molar-refractivity contribution in [3.8, 4) is 5.69 Å². The van der Waals surface area contributed by atoms with Gasteiger partial charge in [0.2, 0.25) is 11.1 Å². The maximum Gasteiger partial charge on any atom is 0.416 e. The molecule has 1 amide bonds. The Bertz CT molecular complexity index is 1110. The molecule has 0 spiro atoms. The van der Waals surface area contributed by atoms with E-state index in [4.69, 9.17) is 0 Å². The number of nitrogens with one attached hydrogen (secondary N) is 1. The summed E-state index contributed by atoms with van der Waals surface area (Å²) in [6.45, 7) is 3.46. The first-order chi connectivity index (χ1) is 15.8. The number of aromatic nitrogens is 4. The number of carbonyl (C=O) groups is 1. The number of tetrazole rings is 1. The largest absolute Gasteiger partial charge is 0.416 e. The molecule has 0 unspecified atom stereocenters. The van der Waals surface area contributed by atoms with Crippen molar-refractivity contribution in [1.82, 2.24) is 20.2 Å². The molecule has 33 heavy (non-hydrogen) atoms. The number of carbonyl (C=O) groups excluding carboxylic acids is 1. The summed E-state index contributed by atoms with van der Waals surface area (Å²) in [4.78, 5) is 14.7. The zero-order chi connectivity index (χ0) is 23.4. The van der Waals surface area contributed by atoms with Gasteiger partial charge in [0.25, 0.3) is 0 Å². The average molecular weight is 477 g/mol. The van der Waals surface area contributed by atoms with E-state index in [-0.39, 0.29) is 11.4 Å². The number of amides is 1. The van der Waals surface area contributed by atoms with Crippen LogP contribution in [0.5, 0.6) is 0 Å². The summed E-state index contributed by atoms with van der Waals surface area (Å²) < 4.78 is 41.4. The van der Waals surface area contributed by atoms with Crippen LogP contribution in [0.4, 0.5) is 24.5 Å². The van der Waals surface area contributed by atoms with Crippen LogP contribution < -0.4 is 10.2 Å². The zero-order valence-corrected chi connectivity index (χ0v) is 18.8. The van der Waals surface area contributed by atoms with Crippen LogP contribution in [0.25, 0.3) is 5.69 Å². The number of halogens is 3. The lowest BCUT2D eigenvalue weighted by Crippen LogP contribution is -2.30. The molecule has 1 aliphatic heterocycles. The first-order valence-electron chi connectivity index (χ1n) is 10.6. The molecule has 2 aromatic carbocycles. The fourth-order valence-corrected chi connectivity index (χ4v) is 4.35. The van der Waals surface area contributed by atoms with E-state index in [0.29, 0.717) is 10.8 Å². The molecule has 2 heterocycles. The third kappa shape index (κ3) is 5.65. The van der Waals surface area contributed by atoms with E-state index in [1.165, 1.54) is 10.7 Å². The maximum atomic E-state index is 13.3. The molecule has 3 aromatic rings. The molecule has 0 aliphatic carbocycles. The van der Waals surface area contributed by atoms with E-state index >= 15 is 0 Å². The summed E-state index contributed by atoms with van der Waals surface area (Å²) >= 11 is 1.11. The van der Waals surface area contributed by atoms with Gasteiger partial charge in [0, 0.05) is 13.1 Å². The van der Waals surface area contributed by atoms with Gasteiger partial charge in [-0.25, -0.2) is 0 Å². The zero-order valence-electron chi connectivity index (χ0n) is 18.0. The fraction of sp³-hybridized carbons (Fsp3) is 0.364. The SMILES string of the molecule is Cc1ccc(-n2nnnc2SCC(=O)Nc2cc(C(F)(F)F)ccc2N2CCCCC2)cc1. The first-order valence-corrected chi connectivity index (χ1v) is 11.5. The summed E-state index contributed by atoms with van der Waals surface area (Å²) in [5.74, 6) is -0.488. The third-order valence-electron chi connectivity index (χ3n) is 5.35. The Morgan fingerprint density at radius 2 is 1.82 bits per heavy atom. The van der Waals surface area contributed by atoms with Gasteiger partial charge in [0.05, 0.1) is 28.4 Å². The average Bonchev–Trinajstić information content (AvgIpc) is 3.27. The van der Waals surface area contributed by atoms with Crippen LogP contribution in [0.3, 0.4) is 0 Å². The van der Waals surface area contributed by atoms with Crippen molar-refractivity contribution in [3.05, 3.63) is 53.6 Å². The lowest BCUT2D eigenvalue weighted by molar-refractivity contribution is -0.137. The predicted octanol–water partition coefficient (Wildman–Crippen LogP) is 4.71. The Morgan fingerprint density at radius 3 is 2.52 bits per heavy atom. The van der Waals surface area contributed by atoms with Crippen LogP contribution in [-0.2, 0) is 11.0 Å². The molecule has 0 saturated carbocycles. The first kappa shape index (κ1) is 23.1. The van der Waals surface area contributed by atoms with Crippen LogP contribution in [0, 0.1) is 6.92 Å². The summed E-state index contributed by atoms with van der Waals surface area (Å²) in [6.07, 6.45) is -1.48. The molecule has 1 saturated heterocycles. The van der Waals surface area contributed by atoms with Gasteiger partial charge in [-0.1, -0.05) is 29.5 Å². The predicted molar refractivity (Wildman–Crippen MR) is 121 cm³/mol. The molecular weight excluding hydrogens is 453 g/mol. The minimum atomic E-state index is -4.50. The minimum Gasteiger partial charge on any atom is -0.370 e. The number of alkyl halides is 3. The Labute approximate surface area is 193 Å². The van der Waals surface area contributed by atoms with Gasteiger partial charge in [-0.2, -0.15) is 17.9 Å². The lowest BCUT2D eigenvalue weighted by atomic mass is 10.1. The number of thioether (sulfide) groups is 1. The standard InChI is InChI=1S/C22H23F3N6OS/c1-15-5-8-17(9-6-15)31-21(27-28-29-31)33-14-20(32)26-18-13-16(22(23,24)25)7-10-19(18)30-11-3-2-4-12-30/h5-10,13H,2-4,11-12,14H2,1H3,(H,26,32). The highest BCUT2D eigenvalue weighted by Gasteiger charge is 2.32. The fourth-order valence-electron chi connectivity index (χ4n) is 3.66. The second-order valence-corrected chi connectivity index (χ2v) is 8.77. The summed E-state index contributed by atoms with van der Waals surface area (Å²) in [5, 5.41) is 14.7. The van der Waals surface area contributed by atoms with E-state index in [1.54, 1.807) is 0 Å². The van der Waals surface area contributed by atoms with Crippen LogP contribution in [0.2, 0.25) is 0 Å². The molecule has 11 heteroatoms. The number of nitrogens with zero attached hydrogens (tertiary/aromatic N) is 5.